The Morgan fingerprint density at radius 3 is 2.65 bits per heavy atom. The lowest BCUT2D eigenvalue weighted by atomic mass is 9.97. The quantitative estimate of drug-likeness (QED) is 0.857. The van der Waals surface area contributed by atoms with Crippen LogP contribution in [0.4, 0.5) is 5.69 Å². The van der Waals surface area contributed by atoms with Crippen molar-refractivity contribution in [1.82, 2.24) is 4.98 Å². The molecule has 0 unspecified atom stereocenters. The number of carboxylic acids is 1. The second kappa shape index (κ2) is 7.89. The third kappa shape index (κ3) is 5.07. The number of aromatic nitrogens is 1. The summed E-state index contributed by atoms with van der Waals surface area (Å²) in [5.41, 5.74) is 3.39. The number of carbonyl (C=O) groups excluding carboxylic acids is 1. The van der Waals surface area contributed by atoms with Gasteiger partial charge in [-0.05, 0) is 35.8 Å². The lowest BCUT2D eigenvalue weighted by Crippen LogP contribution is -2.05. The number of carboxylic acid groups (broad SMARTS) is 1. The van der Waals surface area contributed by atoms with Crippen LogP contribution in [0.1, 0.15) is 30.9 Å². The molecule has 0 saturated heterocycles. The summed E-state index contributed by atoms with van der Waals surface area (Å²) in [6, 6.07) is 11.2. The summed E-state index contributed by atoms with van der Waals surface area (Å²) in [5, 5.41) is 11.6. The number of rotatable bonds is 6. The number of carbonyl (C=O) groups is 2. The van der Waals surface area contributed by atoms with E-state index in [-0.39, 0.29) is 12.3 Å². The van der Waals surface area contributed by atoms with E-state index in [4.69, 9.17) is 5.11 Å². The van der Waals surface area contributed by atoms with E-state index in [9.17, 15) is 9.59 Å². The van der Waals surface area contributed by atoms with Crippen LogP contribution in [0.25, 0.3) is 5.57 Å². The van der Waals surface area contributed by atoms with Crippen LogP contribution >= 0.6 is 0 Å². The molecular formula is C18H18N2O3. The molecule has 5 nitrogen and oxygen atoms in total. The van der Waals surface area contributed by atoms with Crippen LogP contribution in [0.2, 0.25) is 0 Å². The molecule has 0 atom stereocenters. The minimum Gasteiger partial charge on any atom is -0.481 e. The highest BCUT2D eigenvalue weighted by Crippen LogP contribution is 2.26. The summed E-state index contributed by atoms with van der Waals surface area (Å²) in [4.78, 5) is 26.1. The van der Waals surface area contributed by atoms with E-state index >= 15 is 0 Å². The lowest BCUT2D eigenvalue weighted by Gasteiger charge is -2.10. The van der Waals surface area contributed by atoms with Gasteiger partial charge >= 0.3 is 5.97 Å². The fraction of sp³-hybridized carbons (Fsp3) is 0.167. The van der Waals surface area contributed by atoms with Gasteiger partial charge in [0.05, 0.1) is 0 Å². The first-order chi connectivity index (χ1) is 11.1. The summed E-state index contributed by atoms with van der Waals surface area (Å²) in [6.07, 6.45) is 5.79. The molecule has 2 rings (SSSR count). The molecular weight excluding hydrogens is 292 g/mol. The first-order valence-corrected chi connectivity index (χ1v) is 7.26. The van der Waals surface area contributed by atoms with Gasteiger partial charge in [-0.2, -0.15) is 0 Å². The Labute approximate surface area is 134 Å². The fourth-order valence-corrected chi connectivity index (χ4v) is 2.23. The van der Waals surface area contributed by atoms with E-state index in [0.29, 0.717) is 12.1 Å². The zero-order valence-corrected chi connectivity index (χ0v) is 12.8. The van der Waals surface area contributed by atoms with Gasteiger partial charge in [0.25, 0.3) is 0 Å². The first-order valence-electron chi connectivity index (χ1n) is 7.26. The summed E-state index contributed by atoms with van der Waals surface area (Å²) >= 11 is 0. The van der Waals surface area contributed by atoms with Gasteiger partial charge in [-0.3, -0.25) is 14.6 Å². The van der Waals surface area contributed by atoms with Gasteiger partial charge < -0.3 is 10.4 Å². The largest absolute Gasteiger partial charge is 0.481 e. The molecule has 0 saturated carbocycles. The molecule has 1 heterocycles. The molecule has 23 heavy (non-hydrogen) atoms. The third-order valence-corrected chi connectivity index (χ3v) is 3.17. The van der Waals surface area contributed by atoms with Crippen molar-refractivity contribution in [2.24, 2.45) is 0 Å². The lowest BCUT2D eigenvalue weighted by molar-refractivity contribution is -0.136. The minimum atomic E-state index is -0.834. The average Bonchev–Trinajstić information content (AvgIpc) is 2.52. The van der Waals surface area contributed by atoms with Crippen molar-refractivity contribution in [3.63, 3.8) is 0 Å². The van der Waals surface area contributed by atoms with Crippen molar-refractivity contribution < 1.29 is 14.7 Å². The highest BCUT2D eigenvalue weighted by atomic mass is 16.4. The number of nitrogens with zero attached hydrogens (tertiary/aromatic N) is 1. The van der Waals surface area contributed by atoms with Gasteiger partial charge in [0.1, 0.15) is 0 Å². The Morgan fingerprint density at radius 2 is 2.00 bits per heavy atom. The smallest absolute Gasteiger partial charge is 0.303 e. The number of anilines is 1. The molecule has 0 aliphatic heterocycles. The second-order valence-corrected chi connectivity index (χ2v) is 5.05. The minimum absolute atomic E-state index is 0.0646. The third-order valence-electron chi connectivity index (χ3n) is 3.17. The maximum atomic E-state index is 11.2. The Balaban J connectivity index is 2.37. The number of amides is 1. The van der Waals surface area contributed by atoms with Crippen molar-refractivity contribution in [3.05, 3.63) is 66.0 Å². The number of aliphatic carboxylic acids is 1. The molecule has 0 bridgehead atoms. The van der Waals surface area contributed by atoms with Gasteiger partial charge in [0.15, 0.2) is 0 Å². The molecule has 0 fully saturated rings. The molecule has 1 amide bonds. The van der Waals surface area contributed by atoms with E-state index in [1.54, 1.807) is 12.4 Å². The van der Waals surface area contributed by atoms with Crippen LogP contribution in [0, 0.1) is 0 Å². The molecule has 1 aromatic heterocycles. The van der Waals surface area contributed by atoms with E-state index in [0.717, 1.165) is 16.7 Å². The summed E-state index contributed by atoms with van der Waals surface area (Å²) < 4.78 is 0. The van der Waals surface area contributed by atoms with Gasteiger partial charge in [0.2, 0.25) is 5.91 Å². The normalized spacial score (nSPS) is 11.1. The molecule has 118 valence electrons. The number of benzene rings is 1. The maximum Gasteiger partial charge on any atom is 0.303 e. The van der Waals surface area contributed by atoms with Crippen molar-refractivity contribution in [2.75, 3.05) is 5.32 Å². The molecule has 5 heteroatoms. The molecule has 2 aromatic rings. The van der Waals surface area contributed by atoms with E-state index < -0.39 is 5.97 Å². The number of nitrogens with one attached hydrogen (secondary N) is 1. The van der Waals surface area contributed by atoms with Gasteiger partial charge in [0, 0.05) is 37.0 Å². The Morgan fingerprint density at radius 1 is 1.22 bits per heavy atom. The second-order valence-electron chi connectivity index (χ2n) is 5.05. The monoisotopic (exact) mass is 310 g/mol. The van der Waals surface area contributed by atoms with Crippen LogP contribution < -0.4 is 5.32 Å². The molecule has 0 aliphatic carbocycles. The van der Waals surface area contributed by atoms with Crippen molar-refractivity contribution >= 4 is 23.1 Å². The topological polar surface area (TPSA) is 79.3 Å². The summed E-state index contributed by atoms with van der Waals surface area (Å²) in [7, 11) is 0. The Hall–Kier alpha value is -2.95. The molecule has 0 radical (unpaired) electrons. The number of pyridine rings is 1. The zero-order chi connectivity index (χ0) is 16.7. The van der Waals surface area contributed by atoms with E-state index in [1.807, 2.05) is 42.5 Å². The van der Waals surface area contributed by atoms with Gasteiger partial charge in [-0.1, -0.05) is 24.3 Å². The number of allylic oxidation sites excluding steroid dienone is 1. The van der Waals surface area contributed by atoms with Crippen molar-refractivity contribution in [2.45, 2.75) is 19.8 Å². The van der Waals surface area contributed by atoms with Crippen LogP contribution in [-0.2, 0) is 9.59 Å². The highest BCUT2D eigenvalue weighted by Gasteiger charge is 2.07. The molecule has 0 aliphatic rings. The summed E-state index contributed by atoms with van der Waals surface area (Å²) in [5.74, 6) is -0.973. The highest BCUT2D eigenvalue weighted by molar-refractivity contribution is 5.90. The summed E-state index contributed by atoms with van der Waals surface area (Å²) in [6.45, 7) is 1.46. The number of hydrogen-bond acceptors (Lipinski definition) is 3. The molecule has 2 N–H and O–H groups in total. The predicted molar refractivity (Wildman–Crippen MR) is 88.9 cm³/mol. The molecule has 0 spiro atoms. The van der Waals surface area contributed by atoms with E-state index in [1.165, 1.54) is 6.92 Å². The Bertz CT molecular complexity index is 724. The predicted octanol–water partition coefficient (Wildman–Crippen LogP) is 3.34. The van der Waals surface area contributed by atoms with Gasteiger partial charge in [-0.25, -0.2) is 0 Å². The maximum absolute atomic E-state index is 11.2. The van der Waals surface area contributed by atoms with Crippen LogP contribution in [-0.4, -0.2) is 22.0 Å². The molecule has 1 aromatic carbocycles. The fourth-order valence-electron chi connectivity index (χ4n) is 2.23. The van der Waals surface area contributed by atoms with Crippen LogP contribution in [0.5, 0.6) is 0 Å². The standard InChI is InChI=1S/C18H18N2O3/c1-13(21)20-16-7-2-5-14(11-16)17(8-3-9-18(22)23)15-6-4-10-19-12-15/h2,4-8,10-12H,3,9H2,1H3,(H,20,21)(H,22,23)/b17-8+. The van der Waals surface area contributed by atoms with Crippen LogP contribution in [0.3, 0.4) is 0 Å². The van der Waals surface area contributed by atoms with Crippen LogP contribution in [0.15, 0.2) is 54.9 Å². The number of hydrogen-bond donors (Lipinski definition) is 2. The average molecular weight is 310 g/mol. The van der Waals surface area contributed by atoms with E-state index in [2.05, 4.69) is 10.3 Å². The van der Waals surface area contributed by atoms with Crippen molar-refractivity contribution in [3.8, 4) is 0 Å². The van der Waals surface area contributed by atoms with Gasteiger partial charge in [-0.15, -0.1) is 0 Å². The zero-order valence-electron chi connectivity index (χ0n) is 12.8. The SMILES string of the molecule is CC(=O)Nc1cccc(/C(=C\CCC(=O)O)c2cccnc2)c1. The Kier molecular flexibility index (Phi) is 5.63. The van der Waals surface area contributed by atoms with Crippen molar-refractivity contribution in [1.29, 1.82) is 0 Å². The first kappa shape index (κ1) is 16.4.